The number of hydrazine groups is 1. The molecule has 0 bridgehead atoms. The van der Waals surface area contributed by atoms with Crippen molar-refractivity contribution in [2.24, 2.45) is 11.8 Å². The van der Waals surface area contributed by atoms with Crippen molar-refractivity contribution in [1.29, 1.82) is 0 Å². The van der Waals surface area contributed by atoms with Gasteiger partial charge in [0.15, 0.2) is 5.58 Å². The molecule has 0 unspecified atom stereocenters. The SMILES string of the molecule is CC(C)Cc1cc(Br)c2oc(NN)nc2c1. The minimum Gasteiger partial charge on any atom is -0.421 e. The number of nitrogens with one attached hydrogen (secondary N) is 1. The molecule has 0 spiro atoms. The molecule has 0 fully saturated rings. The number of halogens is 1. The Bertz CT molecular complexity index is 507. The van der Waals surface area contributed by atoms with Crippen molar-refractivity contribution in [3.05, 3.63) is 22.2 Å². The second-order valence-electron chi connectivity index (χ2n) is 4.19. The summed E-state index contributed by atoms with van der Waals surface area (Å²) in [5.41, 5.74) is 5.19. The van der Waals surface area contributed by atoms with Crippen LogP contribution in [-0.4, -0.2) is 4.98 Å². The molecule has 3 N–H and O–H groups in total. The number of hydrogen-bond acceptors (Lipinski definition) is 4. The number of nitrogen functional groups attached to an aromatic ring is 1. The summed E-state index contributed by atoms with van der Waals surface area (Å²) >= 11 is 3.48. The molecule has 0 aliphatic heterocycles. The number of benzene rings is 1. The number of fused-ring (bicyclic) bond motifs is 1. The van der Waals surface area contributed by atoms with Gasteiger partial charge in [0.2, 0.25) is 0 Å². The third kappa shape index (κ3) is 2.20. The van der Waals surface area contributed by atoms with Gasteiger partial charge < -0.3 is 4.42 Å². The first-order chi connectivity index (χ1) is 7.60. The van der Waals surface area contributed by atoms with Gasteiger partial charge in [0.05, 0.1) is 4.47 Å². The van der Waals surface area contributed by atoms with Gasteiger partial charge >= 0.3 is 6.01 Å². The molecule has 16 heavy (non-hydrogen) atoms. The predicted octanol–water partition coefficient (Wildman–Crippen LogP) is 3.07. The van der Waals surface area contributed by atoms with Gasteiger partial charge in [0.1, 0.15) is 5.52 Å². The summed E-state index contributed by atoms with van der Waals surface area (Å²) in [6, 6.07) is 4.43. The lowest BCUT2D eigenvalue weighted by molar-refractivity contribution is 0.614. The lowest BCUT2D eigenvalue weighted by Crippen LogP contribution is -2.06. The number of oxazole rings is 1. The fourth-order valence-corrected chi connectivity index (χ4v) is 2.28. The molecule has 1 aromatic heterocycles. The molecule has 1 heterocycles. The number of anilines is 1. The quantitative estimate of drug-likeness (QED) is 0.671. The van der Waals surface area contributed by atoms with Gasteiger partial charge in [-0.3, -0.25) is 5.43 Å². The van der Waals surface area contributed by atoms with Gasteiger partial charge in [0.25, 0.3) is 0 Å². The van der Waals surface area contributed by atoms with E-state index < -0.39 is 0 Å². The molecule has 2 aromatic rings. The molecule has 0 aliphatic rings. The van der Waals surface area contributed by atoms with E-state index >= 15 is 0 Å². The normalized spacial score (nSPS) is 11.3. The number of rotatable bonds is 3. The zero-order chi connectivity index (χ0) is 11.7. The van der Waals surface area contributed by atoms with E-state index in [1.54, 1.807) is 0 Å². The van der Waals surface area contributed by atoms with Crippen molar-refractivity contribution in [2.45, 2.75) is 20.3 Å². The first-order valence-electron chi connectivity index (χ1n) is 5.15. The van der Waals surface area contributed by atoms with E-state index in [1.165, 1.54) is 5.56 Å². The highest BCUT2D eigenvalue weighted by atomic mass is 79.9. The summed E-state index contributed by atoms with van der Waals surface area (Å²) in [6.45, 7) is 4.38. The molecule has 1 aromatic carbocycles. The maximum absolute atomic E-state index is 5.41. The molecule has 0 radical (unpaired) electrons. The second-order valence-corrected chi connectivity index (χ2v) is 5.04. The summed E-state index contributed by atoms with van der Waals surface area (Å²) in [6.07, 6.45) is 1.02. The van der Waals surface area contributed by atoms with E-state index in [1.807, 2.05) is 6.07 Å². The van der Waals surface area contributed by atoms with Gasteiger partial charge in [-0.2, -0.15) is 4.98 Å². The highest BCUT2D eigenvalue weighted by molar-refractivity contribution is 9.10. The number of hydrogen-bond donors (Lipinski definition) is 2. The summed E-state index contributed by atoms with van der Waals surface area (Å²) < 4.78 is 6.33. The molecule has 0 saturated carbocycles. The minimum absolute atomic E-state index is 0.331. The van der Waals surface area contributed by atoms with Crippen LogP contribution in [0.5, 0.6) is 0 Å². The summed E-state index contributed by atoms with van der Waals surface area (Å²) in [4.78, 5) is 4.23. The molecular weight excluding hydrogens is 270 g/mol. The lowest BCUT2D eigenvalue weighted by atomic mass is 10.0. The van der Waals surface area contributed by atoms with Crippen LogP contribution in [0.1, 0.15) is 19.4 Å². The van der Waals surface area contributed by atoms with Gasteiger partial charge in [-0.25, -0.2) is 5.84 Å². The van der Waals surface area contributed by atoms with E-state index in [0.717, 1.165) is 22.0 Å². The second kappa shape index (κ2) is 4.43. The molecule has 0 saturated heterocycles. The topological polar surface area (TPSA) is 64.1 Å². The van der Waals surface area contributed by atoms with Crippen molar-refractivity contribution < 1.29 is 4.42 Å². The summed E-state index contributed by atoms with van der Waals surface area (Å²) in [7, 11) is 0. The van der Waals surface area contributed by atoms with E-state index in [0.29, 0.717) is 11.9 Å². The molecular formula is C11H14BrN3O. The van der Waals surface area contributed by atoms with Gasteiger partial charge in [0, 0.05) is 0 Å². The lowest BCUT2D eigenvalue weighted by Gasteiger charge is -2.04. The van der Waals surface area contributed by atoms with Crippen molar-refractivity contribution in [3.63, 3.8) is 0 Å². The summed E-state index contributed by atoms with van der Waals surface area (Å²) in [5.74, 6) is 5.88. The Morgan fingerprint density at radius 2 is 2.25 bits per heavy atom. The first kappa shape index (κ1) is 11.4. The molecule has 4 nitrogen and oxygen atoms in total. The Morgan fingerprint density at radius 3 is 2.88 bits per heavy atom. The van der Waals surface area contributed by atoms with Crippen LogP contribution in [-0.2, 0) is 6.42 Å². The Hall–Kier alpha value is -1.07. The van der Waals surface area contributed by atoms with E-state index in [9.17, 15) is 0 Å². The van der Waals surface area contributed by atoms with E-state index in [4.69, 9.17) is 10.3 Å². The van der Waals surface area contributed by atoms with Gasteiger partial charge in [-0.15, -0.1) is 0 Å². The Morgan fingerprint density at radius 1 is 1.50 bits per heavy atom. The monoisotopic (exact) mass is 283 g/mol. The third-order valence-electron chi connectivity index (χ3n) is 2.27. The maximum Gasteiger partial charge on any atom is 0.310 e. The largest absolute Gasteiger partial charge is 0.421 e. The number of nitrogens with zero attached hydrogens (tertiary/aromatic N) is 1. The predicted molar refractivity (Wildman–Crippen MR) is 68.1 cm³/mol. The van der Waals surface area contributed by atoms with Crippen LogP contribution in [0.2, 0.25) is 0 Å². The Kier molecular flexibility index (Phi) is 3.16. The van der Waals surface area contributed by atoms with Crippen LogP contribution in [0.4, 0.5) is 6.01 Å². The third-order valence-corrected chi connectivity index (χ3v) is 2.86. The average molecular weight is 284 g/mol. The van der Waals surface area contributed by atoms with Crippen LogP contribution in [0.3, 0.4) is 0 Å². The molecule has 2 rings (SSSR count). The van der Waals surface area contributed by atoms with Crippen molar-refractivity contribution in [1.82, 2.24) is 4.98 Å². The van der Waals surface area contributed by atoms with Crippen LogP contribution in [0.15, 0.2) is 21.0 Å². The van der Waals surface area contributed by atoms with Crippen molar-refractivity contribution in [2.75, 3.05) is 5.43 Å². The molecule has 5 heteroatoms. The van der Waals surface area contributed by atoms with E-state index in [-0.39, 0.29) is 0 Å². The smallest absolute Gasteiger partial charge is 0.310 e. The molecule has 0 aliphatic carbocycles. The molecule has 0 atom stereocenters. The standard InChI is InChI=1S/C11H14BrN3O/c1-6(2)3-7-4-8(12)10-9(5-7)14-11(15-13)16-10/h4-6H,3,13H2,1-2H3,(H,14,15). The van der Waals surface area contributed by atoms with Crippen LogP contribution in [0, 0.1) is 5.92 Å². The highest BCUT2D eigenvalue weighted by Gasteiger charge is 2.10. The number of nitrogens with two attached hydrogens (primary N) is 1. The van der Waals surface area contributed by atoms with E-state index in [2.05, 4.69) is 46.3 Å². The number of aromatic nitrogens is 1. The fraction of sp³-hybridized carbons (Fsp3) is 0.364. The molecule has 0 amide bonds. The maximum atomic E-state index is 5.41. The Labute approximate surface area is 102 Å². The summed E-state index contributed by atoms with van der Waals surface area (Å²) in [5, 5.41) is 0. The van der Waals surface area contributed by atoms with Crippen LogP contribution < -0.4 is 11.3 Å². The van der Waals surface area contributed by atoms with Gasteiger partial charge in [-0.1, -0.05) is 13.8 Å². The zero-order valence-electron chi connectivity index (χ0n) is 9.25. The zero-order valence-corrected chi connectivity index (χ0v) is 10.8. The fourth-order valence-electron chi connectivity index (χ4n) is 1.70. The van der Waals surface area contributed by atoms with Crippen molar-refractivity contribution >= 4 is 33.0 Å². The van der Waals surface area contributed by atoms with Gasteiger partial charge in [-0.05, 0) is 46.0 Å². The average Bonchev–Trinajstić information content (AvgIpc) is 2.60. The first-order valence-corrected chi connectivity index (χ1v) is 5.95. The van der Waals surface area contributed by atoms with Crippen LogP contribution in [0.25, 0.3) is 11.1 Å². The minimum atomic E-state index is 0.331. The Balaban J connectivity index is 2.48. The molecule has 86 valence electrons. The van der Waals surface area contributed by atoms with Crippen LogP contribution >= 0.6 is 15.9 Å². The van der Waals surface area contributed by atoms with Crippen molar-refractivity contribution in [3.8, 4) is 0 Å². The highest BCUT2D eigenvalue weighted by Crippen LogP contribution is 2.28.